The normalized spacial score (nSPS) is 22.4. The van der Waals surface area contributed by atoms with Gasteiger partial charge in [-0.2, -0.15) is 5.26 Å². The van der Waals surface area contributed by atoms with Gasteiger partial charge in [-0.3, -0.25) is 0 Å². The largest absolute Gasteiger partial charge is 0.480 e. The van der Waals surface area contributed by atoms with Crippen molar-refractivity contribution in [1.29, 1.82) is 5.26 Å². The Hall–Kier alpha value is -2.02. The molecule has 1 fully saturated rings. The Balaban J connectivity index is 2.28. The highest BCUT2D eigenvalue weighted by Crippen LogP contribution is 2.30. The van der Waals surface area contributed by atoms with Crippen LogP contribution in [0.5, 0.6) is 0 Å². The molecule has 0 radical (unpaired) electrons. The summed E-state index contributed by atoms with van der Waals surface area (Å²) in [5.74, 6) is -0.267. The van der Waals surface area contributed by atoms with Gasteiger partial charge in [0.05, 0.1) is 11.6 Å². The van der Waals surface area contributed by atoms with Crippen LogP contribution in [0, 0.1) is 24.2 Å². The summed E-state index contributed by atoms with van der Waals surface area (Å²) in [6.45, 7) is 4.77. The van der Waals surface area contributed by atoms with Crippen LogP contribution < -0.4 is 4.90 Å². The SMILES string of the molecule is CCC1CCN(c2ccc(C#N)c(C)c2)C(C(=O)O)C1. The summed E-state index contributed by atoms with van der Waals surface area (Å²) < 4.78 is 0. The van der Waals surface area contributed by atoms with Gasteiger partial charge >= 0.3 is 5.97 Å². The zero-order valence-corrected chi connectivity index (χ0v) is 12.0. The summed E-state index contributed by atoms with van der Waals surface area (Å²) >= 11 is 0. The molecule has 0 aromatic heterocycles. The third kappa shape index (κ3) is 2.77. The monoisotopic (exact) mass is 272 g/mol. The maximum absolute atomic E-state index is 11.5. The second kappa shape index (κ2) is 5.96. The van der Waals surface area contributed by atoms with Gasteiger partial charge in [0.1, 0.15) is 6.04 Å². The van der Waals surface area contributed by atoms with Gasteiger partial charge in [0.25, 0.3) is 0 Å². The molecule has 2 atom stereocenters. The number of nitrogens with zero attached hydrogens (tertiary/aromatic N) is 2. The molecule has 1 aromatic carbocycles. The smallest absolute Gasteiger partial charge is 0.326 e. The van der Waals surface area contributed by atoms with Crippen LogP contribution in [0.2, 0.25) is 0 Å². The van der Waals surface area contributed by atoms with E-state index in [1.54, 1.807) is 6.07 Å². The summed E-state index contributed by atoms with van der Waals surface area (Å²) in [7, 11) is 0. The number of anilines is 1. The highest BCUT2D eigenvalue weighted by atomic mass is 16.4. The van der Waals surface area contributed by atoms with Crippen molar-refractivity contribution in [3.63, 3.8) is 0 Å². The molecule has 20 heavy (non-hydrogen) atoms. The van der Waals surface area contributed by atoms with E-state index in [-0.39, 0.29) is 0 Å². The Morgan fingerprint density at radius 1 is 1.55 bits per heavy atom. The van der Waals surface area contributed by atoms with Crippen LogP contribution in [0.3, 0.4) is 0 Å². The second-order valence-electron chi connectivity index (χ2n) is 5.46. The highest BCUT2D eigenvalue weighted by molar-refractivity contribution is 5.78. The summed E-state index contributed by atoms with van der Waals surface area (Å²) in [5.41, 5.74) is 2.44. The third-order valence-corrected chi connectivity index (χ3v) is 4.24. The highest BCUT2D eigenvalue weighted by Gasteiger charge is 2.32. The average Bonchev–Trinajstić information content (AvgIpc) is 2.46. The zero-order chi connectivity index (χ0) is 14.7. The van der Waals surface area contributed by atoms with Crippen molar-refractivity contribution in [2.75, 3.05) is 11.4 Å². The maximum atomic E-state index is 11.5. The van der Waals surface area contributed by atoms with E-state index in [2.05, 4.69) is 13.0 Å². The molecule has 1 aromatic rings. The lowest BCUT2D eigenvalue weighted by Gasteiger charge is -2.38. The minimum Gasteiger partial charge on any atom is -0.480 e. The molecule has 0 amide bonds. The molecule has 0 saturated carbocycles. The lowest BCUT2D eigenvalue weighted by atomic mass is 9.88. The molecule has 4 nitrogen and oxygen atoms in total. The minimum atomic E-state index is -0.759. The van der Waals surface area contributed by atoms with Crippen LogP contribution in [0.1, 0.15) is 37.3 Å². The van der Waals surface area contributed by atoms with Gasteiger partial charge in [-0.1, -0.05) is 13.3 Å². The van der Waals surface area contributed by atoms with Crippen LogP contribution in [-0.4, -0.2) is 23.7 Å². The summed E-state index contributed by atoms with van der Waals surface area (Å²) in [6.07, 6.45) is 2.76. The number of rotatable bonds is 3. The molecule has 0 aliphatic carbocycles. The molecule has 1 aliphatic heterocycles. The fraction of sp³-hybridized carbons (Fsp3) is 0.500. The zero-order valence-electron chi connectivity index (χ0n) is 12.0. The lowest BCUT2D eigenvalue weighted by molar-refractivity contribution is -0.139. The summed E-state index contributed by atoms with van der Waals surface area (Å²) in [6, 6.07) is 7.23. The summed E-state index contributed by atoms with van der Waals surface area (Å²) in [5, 5.41) is 18.4. The molecule has 1 heterocycles. The Bertz CT molecular complexity index is 548. The number of benzene rings is 1. The van der Waals surface area contributed by atoms with Gasteiger partial charge in [-0.15, -0.1) is 0 Å². The Labute approximate surface area is 119 Å². The Morgan fingerprint density at radius 2 is 2.30 bits per heavy atom. The van der Waals surface area contributed by atoms with Gasteiger partial charge in [0.2, 0.25) is 0 Å². The fourth-order valence-electron chi connectivity index (χ4n) is 2.90. The molecule has 106 valence electrons. The van der Waals surface area contributed by atoms with Crippen molar-refractivity contribution in [2.45, 2.75) is 39.2 Å². The number of hydrogen-bond donors (Lipinski definition) is 1. The van der Waals surface area contributed by atoms with E-state index in [4.69, 9.17) is 5.26 Å². The van der Waals surface area contributed by atoms with Crippen molar-refractivity contribution in [2.24, 2.45) is 5.92 Å². The first-order chi connectivity index (χ1) is 9.56. The van der Waals surface area contributed by atoms with Crippen molar-refractivity contribution in [3.05, 3.63) is 29.3 Å². The van der Waals surface area contributed by atoms with E-state index < -0.39 is 12.0 Å². The van der Waals surface area contributed by atoms with Gasteiger partial charge in [-0.25, -0.2) is 4.79 Å². The van der Waals surface area contributed by atoms with E-state index in [1.807, 2.05) is 24.0 Å². The van der Waals surface area contributed by atoms with Crippen LogP contribution in [0.25, 0.3) is 0 Å². The molecular weight excluding hydrogens is 252 g/mol. The molecule has 1 aliphatic rings. The van der Waals surface area contributed by atoms with E-state index in [0.29, 0.717) is 17.9 Å². The van der Waals surface area contributed by atoms with Crippen molar-refractivity contribution in [1.82, 2.24) is 0 Å². The molecule has 1 saturated heterocycles. The number of carboxylic acids is 1. The standard InChI is InChI=1S/C16H20N2O2/c1-3-12-6-7-18(15(9-12)16(19)20)14-5-4-13(10-17)11(2)8-14/h4-5,8,12,15H,3,6-7,9H2,1-2H3,(H,19,20). The number of aliphatic carboxylic acids is 1. The van der Waals surface area contributed by atoms with Crippen molar-refractivity contribution >= 4 is 11.7 Å². The summed E-state index contributed by atoms with van der Waals surface area (Å²) in [4.78, 5) is 13.5. The van der Waals surface area contributed by atoms with Crippen molar-refractivity contribution in [3.8, 4) is 6.07 Å². The third-order valence-electron chi connectivity index (χ3n) is 4.24. The second-order valence-corrected chi connectivity index (χ2v) is 5.46. The van der Waals surface area contributed by atoms with Gasteiger partial charge in [0, 0.05) is 12.2 Å². The predicted molar refractivity (Wildman–Crippen MR) is 77.7 cm³/mol. The number of carboxylic acid groups (broad SMARTS) is 1. The molecule has 2 rings (SSSR count). The van der Waals surface area contributed by atoms with Crippen LogP contribution in [-0.2, 0) is 4.79 Å². The number of nitriles is 1. The molecule has 0 bridgehead atoms. The first-order valence-corrected chi connectivity index (χ1v) is 7.07. The van der Waals surface area contributed by atoms with E-state index in [9.17, 15) is 9.90 Å². The van der Waals surface area contributed by atoms with Crippen molar-refractivity contribution < 1.29 is 9.90 Å². The number of piperidine rings is 1. The quantitative estimate of drug-likeness (QED) is 0.918. The Kier molecular flexibility index (Phi) is 4.29. The first kappa shape index (κ1) is 14.4. The Morgan fingerprint density at radius 3 is 2.85 bits per heavy atom. The number of carbonyl (C=O) groups is 1. The van der Waals surface area contributed by atoms with E-state index >= 15 is 0 Å². The van der Waals surface area contributed by atoms with Gasteiger partial charge < -0.3 is 10.0 Å². The van der Waals surface area contributed by atoms with E-state index in [1.165, 1.54) is 0 Å². The lowest BCUT2D eigenvalue weighted by Crippen LogP contribution is -2.47. The number of hydrogen-bond acceptors (Lipinski definition) is 3. The number of aryl methyl sites for hydroxylation is 1. The van der Waals surface area contributed by atoms with Crippen LogP contribution in [0.15, 0.2) is 18.2 Å². The molecule has 1 N–H and O–H groups in total. The molecule has 4 heteroatoms. The van der Waals surface area contributed by atoms with E-state index in [0.717, 1.165) is 30.6 Å². The predicted octanol–water partition coefficient (Wildman–Crippen LogP) is 2.95. The van der Waals surface area contributed by atoms with Crippen LogP contribution >= 0.6 is 0 Å². The molecular formula is C16H20N2O2. The first-order valence-electron chi connectivity index (χ1n) is 7.07. The molecule has 2 unspecified atom stereocenters. The minimum absolute atomic E-state index is 0.457. The molecule has 0 spiro atoms. The fourth-order valence-corrected chi connectivity index (χ4v) is 2.90. The van der Waals surface area contributed by atoms with Gasteiger partial charge in [-0.05, 0) is 49.4 Å². The topological polar surface area (TPSA) is 64.3 Å². The average molecular weight is 272 g/mol. The van der Waals surface area contributed by atoms with Gasteiger partial charge in [0.15, 0.2) is 0 Å². The maximum Gasteiger partial charge on any atom is 0.326 e. The van der Waals surface area contributed by atoms with Crippen LogP contribution in [0.4, 0.5) is 5.69 Å².